The first-order chi connectivity index (χ1) is 10.7. The van der Waals surface area contributed by atoms with Crippen LogP contribution in [0.1, 0.15) is 84.0 Å². The SMILES string of the molecule is CCCCCCCCCCCC(CCO)CC(=O)NCCO. The van der Waals surface area contributed by atoms with Crippen molar-refractivity contribution in [3.05, 3.63) is 0 Å². The Morgan fingerprint density at radius 2 is 1.45 bits per heavy atom. The predicted octanol–water partition coefficient (Wildman–Crippen LogP) is 3.40. The molecule has 0 aliphatic rings. The van der Waals surface area contributed by atoms with Crippen LogP contribution in [0.5, 0.6) is 0 Å². The third-order valence-electron chi connectivity index (χ3n) is 4.16. The van der Waals surface area contributed by atoms with Crippen molar-refractivity contribution >= 4 is 5.91 Å². The van der Waals surface area contributed by atoms with Gasteiger partial charge in [-0.25, -0.2) is 0 Å². The van der Waals surface area contributed by atoms with E-state index in [0.29, 0.717) is 19.4 Å². The zero-order chi connectivity index (χ0) is 16.5. The Morgan fingerprint density at radius 3 is 2.00 bits per heavy atom. The molecule has 0 radical (unpaired) electrons. The third-order valence-corrected chi connectivity index (χ3v) is 4.16. The summed E-state index contributed by atoms with van der Waals surface area (Å²) in [5, 5.41) is 20.5. The summed E-state index contributed by atoms with van der Waals surface area (Å²) in [6.07, 6.45) is 13.9. The van der Waals surface area contributed by atoms with Crippen LogP contribution < -0.4 is 5.32 Å². The van der Waals surface area contributed by atoms with Crippen molar-refractivity contribution in [3.8, 4) is 0 Å². The molecule has 0 saturated heterocycles. The highest BCUT2D eigenvalue weighted by Gasteiger charge is 2.12. The number of carbonyl (C=O) groups excluding carboxylic acids is 1. The van der Waals surface area contributed by atoms with Crippen molar-refractivity contribution in [1.29, 1.82) is 0 Å². The van der Waals surface area contributed by atoms with Crippen molar-refractivity contribution in [2.75, 3.05) is 19.8 Å². The average molecular weight is 315 g/mol. The molecule has 0 aromatic rings. The van der Waals surface area contributed by atoms with E-state index in [1.54, 1.807) is 0 Å². The molecule has 0 aromatic heterocycles. The van der Waals surface area contributed by atoms with Gasteiger partial charge in [0.05, 0.1) is 6.61 Å². The summed E-state index contributed by atoms with van der Waals surface area (Å²) in [5.41, 5.74) is 0. The summed E-state index contributed by atoms with van der Waals surface area (Å²) < 4.78 is 0. The first-order valence-electron chi connectivity index (χ1n) is 9.23. The van der Waals surface area contributed by atoms with Gasteiger partial charge >= 0.3 is 0 Å². The van der Waals surface area contributed by atoms with E-state index in [9.17, 15) is 4.79 Å². The number of nitrogens with one attached hydrogen (secondary N) is 1. The minimum Gasteiger partial charge on any atom is -0.396 e. The minimum absolute atomic E-state index is 0.0107. The Hall–Kier alpha value is -0.610. The van der Waals surface area contributed by atoms with Crippen LogP contribution in [0.4, 0.5) is 0 Å². The number of carbonyl (C=O) groups is 1. The molecular weight excluding hydrogens is 278 g/mol. The lowest BCUT2D eigenvalue weighted by Gasteiger charge is -2.15. The molecule has 0 heterocycles. The molecule has 1 atom stereocenters. The van der Waals surface area contributed by atoms with Gasteiger partial charge in [-0.05, 0) is 18.8 Å². The van der Waals surface area contributed by atoms with Gasteiger partial charge in [-0.2, -0.15) is 0 Å². The van der Waals surface area contributed by atoms with E-state index >= 15 is 0 Å². The number of aliphatic hydroxyl groups is 2. The van der Waals surface area contributed by atoms with Gasteiger partial charge in [-0.3, -0.25) is 4.79 Å². The van der Waals surface area contributed by atoms with E-state index in [-0.39, 0.29) is 25.0 Å². The van der Waals surface area contributed by atoms with Gasteiger partial charge in [-0.1, -0.05) is 64.7 Å². The van der Waals surface area contributed by atoms with E-state index in [4.69, 9.17) is 10.2 Å². The van der Waals surface area contributed by atoms with Crippen LogP contribution in [-0.2, 0) is 4.79 Å². The number of amides is 1. The van der Waals surface area contributed by atoms with Crippen LogP contribution in [0.15, 0.2) is 0 Å². The van der Waals surface area contributed by atoms with E-state index in [1.807, 2.05) is 0 Å². The van der Waals surface area contributed by atoms with Crippen LogP contribution >= 0.6 is 0 Å². The van der Waals surface area contributed by atoms with Crippen molar-refractivity contribution in [2.24, 2.45) is 5.92 Å². The van der Waals surface area contributed by atoms with Gasteiger partial charge in [-0.15, -0.1) is 0 Å². The summed E-state index contributed by atoms with van der Waals surface area (Å²) >= 11 is 0. The highest BCUT2D eigenvalue weighted by molar-refractivity contribution is 5.76. The molecule has 0 fully saturated rings. The second-order valence-corrected chi connectivity index (χ2v) is 6.27. The van der Waals surface area contributed by atoms with Crippen molar-refractivity contribution in [2.45, 2.75) is 84.0 Å². The molecule has 0 aliphatic carbocycles. The van der Waals surface area contributed by atoms with Crippen molar-refractivity contribution in [1.82, 2.24) is 5.32 Å². The molecule has 0 saturated carbocycles. The Bertz CT molecular complexity index is 246. The maximum atomic E-state index is 11.6. The van der Waals surface area contributed by atoms with Gasteiger partial charge in [0, 0.05) is 19.6 Å². The number of unbranched alkanes of at least 4 members (excludes halogenated alkanes) is 8. The van der Waals surface area contributed by atoms with E-state index in [2.05, 4.69) is 12.2 Å². The van der Waals surface area contributed by atoms with Gasteiger partial charge in [0.15, 0.2) is 0 Å². The van der Waals surface area contributed by atoms with Gasteiger partial charge in [0.1, 0.15) is 0 Å². The van der Waals surface area contributed by atoms with Gasteiger partial charge in [0.25, 0.3) is 0 Å². The molecule has 0 aliphatic heterocycles. The fraction of sp³-hybridized carbons (Fsp3) is 0.944. The van der Waals surface area contributed by atoms with Crippen molar-refractivity contribution in [3.63, 3.8) is 0 Å². The molecule has 0 spiro atoms. The lowest BCUT2D eigenvalue weighted by molar-refractivity contribution is -0.122. The minimum atomic E-state index is -0.0192. The second kappa shape index (κ2) is 16.8. The highest BCUT2D eigenvalue weighted by atomic mass is 16.3. The predicted molar refractivity (Wildman–Crippen MR) is 91.7 cm³/mol. The Labute approximate surface area is 136 Å². The van der Waals surface area contributed by atoms with Gasteiger partial charge < -0.3 is 15.5 Å². The molecule has 132 valence electrons. The molecule has 0 rings (SSSR count). The molecule has 1 amide bonds. The standard InChI is InChI=1S/C18H37NO3/c1-2-3-4-5-6-7-8-9-10-11-17(12-14-20)16-18(22)19-13-15-21/h17,20-21H,2-16H2,1H3,(H,19,22). The largest absolute Gasteiger partial charge is 0.396 e. The fourth-order valence-electron chi connectivity index (χ4n) is 2.80. The maximum absolute atomic E-state index is 11.6. The Morgan fingerprint density at radius 1 is 0.864 bits per heavy atom. The lowest BCUT2D eigenvalue weighted by atomic mass is 9.94. The molecule has 0 bridgehead atoms. The monoisotopic (exact) mass is 315 g/mol. The van der Waals surface area contributed by atoms with Crippen LogP contribution in [0.2, 0.25) is 0 Å². The topological polar surface area (TPSA) is 69.6 Å². The first kappa shape index (κ1) is 21.4. The summed E-state index contributed by atoms with van der Waals surface area (Å²) in [7, 11) is 0. The molecule has 0 aromatic carbocycles. The summed E-state index contributed by atoms with van der Waals surface area (Å²) in [5.74, 6) is 0.261. The van der Waals surface area contributed by atoms with Crippen LogP contribution in [0.3, 0.4) is 0 Å². The Balaban J connectivity index is 3.58. The van der Waals surface area contributed by atoms with Crippen molar-refractivity contribution < 1.29 is 15.0 Å². The Kier molecular flexibility index (Phi) is 16.3. The quantitative estimate of drug-likeness (QED) is 0.382. The molecule has 4 heteroatoms. The first-order valence-corrected chi connectivity index (χ1v) is 9.23. The number of hydrogen-bond donors (Lipinski definition) is 3. The van der Waals surface area contributed by atoms with Crippen LogP contribution in [0, 0.1) is 5.92 Å². The number of aliphatic hydroxyl groups excluding tert-OH is 2. The maximum Gasteiger partial charge on any atom is 0.220 e. The molecule has 22 heavy (non-hydrogen) atoms. The zero-order valence-corrected chi connectivity index (χ0v) is 14.5. The zero-order valence-electron chi connectivity index (χ0n) is 14.5. The molecule has 3 N–H and O–H groups in total. The van der Waals surface area contributed by atoms with Crippen LogP contribution in [-0.4, -0.2) is 35.9 Å². The summed E-state index contributed by atoms with van der Waals surface area (Å²) in [4.78, 5) is 11.6. The summed E-state index contributed by atoms with van der Waals surface area (Å²) in [6.45, 7) is 2.69. The van der Waals surface area contributed by atoms with E-state index in [0.717, 1.165) is 12.8 Å². The van der Waals surface area contributed by atoms with E-state index < -0.39 is 0 Å². The highest BCUT2D eigenvalue weighted by Crippen LogP contribution is 2.18. The number of rotatable bonds is 16. The average Bonchev–Trinajstić information content (AvgIpc) is 2.51. The lowest BCUT2D eigenvalue weighted by Crippen LogP contribution is -2.28. The smallest absolute Gasteiger partial charge is 0.220 e. The molecular formula is C18H37NO3. The third kappa shape index (κ3) is 14.3. The van der Waals surface area contributed by atoms with Crippen LogP contribution in [0.25, 0.3) is 0 Å². The van der Waals surface area contributed by atoms with E-state index in [1.165, 1.54) is 51.4 Å². The second-order valence-electron chi connectivity index (χ2n) is 6.27. The molecule has 4 nitrogen and oxygen atoms in total. The molecule has 1 unspecified atom stereocenters. The van der Waals surface area contributed by atoms with Gasteiger partial charge in [0.2, 0.25) is 5.91 Å². The number of hydrogen-bond acceptors (Lipinski definition) is 3. The normalized spacial score (nSPS) is 12.3. The fourth-order valence-corrected chi connectivity index (χ4v) is 2.80. The summed E-state index contributed by atoms with van der Waals surface area (Å²) in [6, 6.07) is 0.